The highest BCUT2D eigenvalue weighted by molar-refractivity contribution is 8.01. The number of hydrogen-bond acceptors (Lipinski definition) is 7. The van der Waals surface area contributed by atoms with Crippen LogP contribution < -0.4 is 10.1 Å². The number of amides is 1. The first-order valence-electron chi connectivity index (χ1n) is 9.18. The number of thiophene rings is 1. The second-order valence-corrected chi connectivity index (χ2v) is 9.76. The van der Waals surface area contributed by atoms with Crippen molar-refractivity contribution in [2.75, 3.05) is 17.7 Å². The van der Waals surface area contributed by atoms with Crippen molar-refractivity contribution < 1.29 is 9.53 Å². The Kier molecular flexibility index (Phi) is 5.85. The summed E-state index contributed by atoms with van der Waals surface area (Å²) in [5, 5.41) is 13.1. The van der Waals surface area contributed by atoms with Gasteiger partial charge in [0.15, 0.2) is 4.34 Å². The highest BCUT2D eigenvalue weighted by Crippen LogP contribution is 2.38. The number of nitrogens with zero attached hydrogens (tertiary/aromatic N) is 2. The zero-order chi connectivity index (χ0) is 19.5. The molecule has 1 aliphatic rings. The number of aryl methyl sites for hydroxylation is 1. The van der Waals surface area contributed by atoms with Gasteiger partial charge in [-0.15, -0.1) is 22.7 Å². The number of anilines is 1. The van der Waals surface area contributed by atoms with Crippen LogP contribution in [0.25, 0.3) is 10.2 Å². The molecule has 5 nitrogen and oxygen atoms in total. The van der Waals surface area contributed by atoms with Gasteiger partial charge in [-0.2, -0.15) is 5.26 Å². The van der Waals surface area contributed by atoms with Crippen LogP contribution in [0.2, 0.25) is 0 Å². The van der Waals surface area contributed by atoms with Crippen molar-refractivity contribution in [2.45, 2.75) is 36.9 Å². The third-order valence-corrected chi connectivity index (χ3v) is 7.88. The number of thioether (sulfide) groups is 1. The van der Waals surface area contributed by atoms with Gasteiger partial charge in [0.05, 0.1) is 28.1 Å². The van der Waals surface area contributed by atoms with Crippen LogP contribution in [-0.2, 0) is 17.6 Å². The largest absolute Gasteiger partial charge is 0.494 e. The molecule has 0 saturated heterocycles. The van der Waals surface area contributed by atoms with Gasteiger partial charge in [0.25, 0.3) is 0 Å². The fraction of sp³-hybridized carbons (Fsp3) is 0.350. The van der Waals surface area contributed by atoms with E-state index >= 15 is 0 Å². The van der Waals surface area contributed by atoms with Crippen LogP contribution in [-0.4, -0.2) is 23.3 Å². The molecule has 1 aliphatic carbocycles. The standard InChI is InChI=1S/C20H19N3O2S3/c1-2-25-12-7-8-15-17(9-12)28-20(22-15)26-11-18(24)23-19-14(10-21)13-5-3-4-6-16(13)27-19/h7-9H,2-6,11H2,1H3,(H,23,24). The number of hydrogen-bond donors (Lipinski definition) is 1. The maximum atomic E-state index is 12.4. The monoisotopic (exact) mass is 429 g/mol. The van der Waals surface area contributed by atoms with Gasteiger partial charge in [-0.25, -0.2) is 4.98 Å². The van der Waals surface area contributed by atoms with Crippen molar-refractivity contribution in [3.05, 3.63) is 34.2 Å². The summed E-state index contributed by atoms with van der Waals surface area (Å²) in [7, 11) is 0. The molecule has 2 aromatic heterocycles. The summed E-state index contributed by atoms with van der Waals surface area (Å²) in [6, 6.07) is 8.12. The molecule has 0 atom stereocenters. The van der Waals surface area contributed by atoms with Crippen LogP contribution in [0, 0.1) is 11.3 Å². The van der Waals surface area contributed by atoms with Crippen LogP contribution in [0.5, 0.6) is 5.75 Å². The first-order chi connectivity index (χ1) is 13.7. The van der Waals surface area contributed by atoms with Crippen molar-refractivity contribution in [3.8, 4) is 11.8 Å². The van der Waals surface area contributed by atoms with Gasteiger partial charge in [0, 0.05) is 4.88 Å². The van der Waals surface area contributed by atoms with E-state index in [0.717, 1.165) is 51.6 Å². The van der Waals surface area contributed by atoms with Crippen molar-refractivity contribution in [3.63, 3.8) is 0 Å². The molecule has 1 amide bonds. The average Bonchev–Trinajstić information content (AvgIpc) is 3.26. The van der Waals surface area contributed by atoms with E-state index < -0.39 is 0 Å². The van der Waals surface area contributed by atoms with Crippen molar-refractivity contribution in [1.82, 2.24) is 4.98 Å². The Labute approximate surface area is 175 Å². The quantitative estimate of drug-likeness (QED) is 0.543. The van der Waals surface area contributed by atoms with E-state index in [2.05, 4.69) is 16.4 Å². The number of thiazole rings is 1. The maximum absolute atomic E-state index is 12.4. The van der Waals surface area contributed by atoms with Crippen molar-refractivity contribution >= 4 is 55.6 Å². The number of rotatable bonds is 6. The molecule has 0 aliphatic heterocycles. The van der Waals surface area contributed by atoms with Crippen molar-refractivity contribution in [2.24, 2.45) is 0 Å². The third-order valence-electron chi connectivity index (χ3n) is 4.51. The van der Waals surface area contributed by atoms with Gasteiger partial charge < -0.3 is 10.1 Å². The molecule has 144 valence electrons. The minimum Gasteiger partial charge on any atom is -0.494 e. The summed E-state index contributed by atoms with van der Waals surface area (Å²) >= 11 is 4.53. The van der Waals surface area contributed by atoms with Gasteiger partial charge in [0.2, 0.25) is 5.91 Å². The summed E-state index contributed by atoms with van der Waals surface area (Å²) in [6.45, 7) is 2.58. The van der Waals surface area contributed by atoms with Crippen LogP contribution in [0.1, 0.15) is 35.8 Å². The van der Waals surface area contributed by atoms with Gasteiger partial charge in [-0.05, 0) is 56.4 Å². The smallest absolute Gasteiger partial charge is 0.235 e. The molecule has 0 unspecified atom stereocenters. The molecule has 3 aromatic rings. The van der Waals surface area contributed by atoms with E-state index in [4.69, 9.17) is 4.74 Å². The summed E-state index contributed by atoms with van der Waals surface area (Å²) in [5.41, 5.74) is 2.70. The summed E-state index contributed by atoms with van der Waals surface area (Å²) in [5.74, 6) is 0.999. The third kappa shape index (κ3) is 4.02. The number of nitrogens with one attached hydrogen (secondary N) is 1. The Morgan fingerprint density at radius 3 is 3.04 bits per heavy atom. The molecular weight excluding hydrogens is 410 g/mol. The fourth-order valence-electron chi connectivity index (χ4n) is 3.26. The lowest BCUT2D eigenvalue weighted by atomic mass is 9.96. The molecule has 0 saturated carbocycles. The zero-order valence-corrected chi connectivity index (χ0v) is 17.9. The van der Waals surface area contributed by atoms with Crippen LogP contribution in [0.15, 0.2) is 22.5 Å². The first kappa shape index (κ1) is 19.2. The van der Waals surface area contributed by atoms with Crippen LogP contribution >= 0.6 is 34.4 Å². The Bertz CT molecular complexity index is 1060. The Balaban J connectivity index is 1.42. The van der Waals surface area contributed by atoms with Crippen molar-refractivity contribution in [1.29, 1.82) is 5.26 Å². The zero-order valence-electron chi connectivity index (χ0n) is 15.4. The normalized spacial score (nSPS) is 13.1. The summed E-state index contributed by atoms with van der Waals surface area (Å²) in [4.78, 5) is 18.3. The number of ether oxygens (including phenoxy) is 1. The van der Waals surface area contributed by atoms with E-state index in [1.54, 1.807) is 22.7 Å². The first-order valence-corrected chi connectivity index (χ1v) is 11.8. The molecule has 1 aromatic carbocycles. The Morgan fingerprint density at radius 2 is 2.21 bits per heavy atom. The van der Waals surface area contributed by atoms with Crippen LogP contribution in [0.3, 0.4) is 0 Å². The number of benzene rings is 1. The minimum absolute atomic E-state index is 0.102. The number of nitriles is 1. The molecule has 4 rings (SSSR count). The summed E-state index contributed by atoms with van der Waals surface area (Å²) in [6.07, 6.45) is 4.22. The second-order valence-electron chi connectivity index (χ2n) is 6.41. The highest BCUT2D eigenvalue weighted by atomic mass is 32.2. The average molecular weight is 430 g/mol. The lowest BCUT2D eigenvalue weighted by Gasteiger charge is -2.09. The number of carbonyl (C=O) groups excluding carboxylic acids is 1. The number of fused-ring (bicyclic) bond motifs is 2. The molecule has 28 heavy (non-hydrogen) atoms. The lowest BCUT2D eigenvalue weighted by molar-refractivity contribution is -0.113. The van der Waals surface area contributed by atoms with E-state index in [1.807, 2.05) is 25.1 Å². The molecule has 0 fully saturated rings. The SMILES string of the molecule is CCOc1ccc2nc(SCC(=O)Nc3sc4c(c3C#N)CCCC4)sc2c1. The molecule has 0 bridgehead atoms. The molecule has 2 heterocycles. The van der Waals surface area contributed by atoms with E-state index in [9.17, 15) is 10.1 Å². The van der Waals surface area contributed by atoms with Gasteiger partial charge in [0.1, 0.15) is 16.8 Å². The molecular formula is C20H19N3O2S3. The maximum Gasteiger partial charge on any atom is 0.235 e. The van der Waals surface area contributed by atoms with Gasteiger partial charge in [-0.3, -0.25) is 4.79 Å². The van der Waals surface area contributed by atoms with Crippen LogP contribution in [0.4, 0.5) is 5.00 Å². The fourth-order valence-corrected chi connectivity index (χ4v) is 6.42. The topological polar surface area (TPSA) is 75.0 Å². The van der Waals surface area contributed by atoms with E-state index in [1.165, 1.54) is 16.6 Å². The van der Waals surface area contributed by atoms with E-state index in [-0.39, 0.29) is 11.7 Å². The second kappa shape index (κ2) is 8.52. The molecule has 0 radical (unpaired) electrons. The predicted octanol–water partition coefficient (Wildman–Crippen LogP) is 5.24. The Morgan fingerprint density at radius 1 is 1.36 bits per heavy atom. The molecule has 8 heteroatoms. The highest BCUT2D eigenvalue weighted by Gasteiger charge is 2.21. The lowest BCUT2D eigenvalue weighted by Crippen LogP contribution is -2.13. The predicted molar refractivity (Wildman–Crippen MR) is 116 cm³/mol. The summed E-state index contributed by atoms with van der Waals surface area (Å²) < 4.78 is 7.43. The molecule has 1 N–H and O–H groups in total. The minimum atomic E-state index is -0.102. The number of aromatic nitrogens is 1. The van der Waals surface area contributed by atoms with E-state index in [0.29, 0.717) is 17.2 Å². The van der Waals surface area contributed by atoms with Gasteiger partial charge >= 0.3 is 0 Å². The Hall–Kier alpha value is -2.08. The number of carbonyl (C=O) groups is 1. The molecule has 0 spiro atoms. The van der Waals surface area contributed by atoms with Gasteiger partial charge in [-0.1, -0.05) is 11.8 Å².